The van der Waals surface area contributed by atoms with Crippen LogP contribution in [0.1, 0.15) is 29.8 Å². The highest BCUT2D eigenvalue weighted by atomic mass is 35.5. The van der Waals surface area contributed by atoms with E-state index < -0.39 is 0 Å². The molecule has 23 heavy (non-hydrogen) atoms. The molecule has 0 aliphatic carbocycles. The number of aryl methyl sites for hydroxylation is 1. The number of aliphatic hydroxyl groups excluding tert-OH is 1. The van der Waals surface area contributed by atoms with Crippen molar-refractivity contribution in [2.45, 2.75) is 25.9 Å². The second-order valence-electron chi connectivity index (χ2n) is 5.56. The van der Waals surface area contributed by atoms with Crippen molar-refractivity contribution in [2.24, 2.45) is 0 Å². The largest absolute Gasteiger partial charge is 0.394 e. The van der Waals surface area contributed by atoms with Gasteiger partial charge >= 0.3 is 0 Å². The van der Waals surface area contributed by atoms with E-state index in [0.717, 1.165) is 23.3 Å². The fraction of sp³-hybridized carbons (Fsp3) is 0.278. The van der Waals surface area contributed by atoms with Gasteiger partial charge in [-0.05, 0) is 29.7 Å². The summed E-state index contributed by atoms with van der Waals surface area (Å²) in [4.78, 5) is 4.54. The molecule has 0 saturated heterocycles. The maximum atomic E-state index is 9.65. The minimum absolute atomic E-state index is 0.0463. The van der Waals surface area contributed by atoms with Crippen molar-refractivity contribution >= 4 is 17.2 Å². The van der Waals surface area contributed by atoms with Crippen molar-refractivity contribution in [3.8, 4) is 0 Å². The fourth-order valence-corrected chi connectivity index (χ4v) is 2.77. The topological polar surface area (TPSA) is 49.6 Å². The van der Waals surface area contributed by atoms with Gasteiger partial charge in [0.25, 0.3) is 0 Å². The predicted molar refractivity (Wildman–Crippen MR) is 92.7 cm³/mol. The molecule has 2 aromatic heterocycles. The summed E-state index contributed by atoms with van der Waals surface area (Å²) in [6, 6.07) is 12.0. The molecule has 0 aliphatic rings. The molecule has 0 radical (unpaired) electrons. The number of rotatable bonds is 6. The Morgan fingerprint density at radius 1 is 1.17 bits per heavy atom. The van der Waals surface area contributed by atoms with Crippen molar-refractivity contribution in [3.05, 3.63) is 70.6 Å². The van der Waals surface area contributed by atoms with Gasteiger partial charge in [-0.2, -0.15) is 0 Å². The summed E-state index contributed by atoms with van der Waals surface area (Å²) in [6.07, 6.45) is 4.80. The molecule has 3 rings (SSSR count). The van der Waals surface area contributed by atoms with E-state index in [0.29, 0.717) is 11.6 Å². The van der Waals surface area contributed by atoms with Crippen molar-refractivity contribution in [2.75, 3.05) is 6.61 Å². The number of hydrogen-bond donors (Lipinski definition) is 2. The number of pyridine rings is 1. The number of benzene rings is 1. The second kappa shape index (κ2) is 7.13. The highest BCUT2D eigenvalue weighted by Gasteiger charge is 2.11. The van der Waals surface area contributed by atoms with Gasteiger partial charge in [-0.25, -0.2) is 4.98 Å². The van der Waals surface area contributed by atoms with Crippen LogP contribution in [-0.2, 0) is 13.0 Å². The zero-order chi connectivity index (χ0) is 16.2. The smallest absolute Gasteiger partial charge is 0.137 e. The monoisotopic (exact) mass is 329 g/mol. The fourth-order valence-electron chi connectivity index (χ4n) is 2.60. The minimum atomic E-state index is -0.102. The van der Waals surface area contributed by atoms with E-state index in [2.05, 4.69) is 41.5 Å². The predicted octanol–water partition coefficient (Wildman–Crippen LogP) is 3.37. The number of halogens is 1. The molecule has 2 heterocycles. The molecule has 3 aromatic rings. The molecule has 1 aromatic carbocycles. The SMILES string of the molecule is CCc1ccc(C(CO)NCc2cn3cc(Cl)ccc3n2)cc1. The van der Waals surface area contributed by atoms with Gasteiger partial charge in [0.1, 0.15) is 5.65 Å². The number of hydrogen-bond acceptors (Lipinski definition) is 3. The molecule has 0 spiro atoms. The van der Waals surface area contributed by atoms with Gasteiger partial charge in [0, 0.05) is 18.9 Å². The lowest BCUT2D eigenvalue weighted by Crippen LogP contribution is -2.24. The normalized spacial score (nSPS) is 12.7. The molecule has 0 bridgehead atoms. The quantitative estimate of drug-likeness (QED) is 0.729. The number of imidazole rings is 1. The van der Waals surface area contributed by atoms with E-state index >= 15 is 0 Å². The molecular weight excluding hydrogens is 310 g/mol. The van der Waals surface area contributed by atoms with Crippen LogP contribution in [0.2, 0.25) is 5.02 Å². The van der Waals surface area contributed by atoms with Gasteiger partial charge in [0.05, 0.1) is 23.4 Å². The first-order valence-corrected chi connectivity index (χ1v) is 8.13. The van der Waals surface area contributed by atoms with Crippen molar-refractivity contribution in [1.82, 2.24) is 14.7 Å². The summed E-state index contributed by atoms with van der Waals surface area (Å²) in [7, 11) is 0. The molecule has 0 amide bonds. The maximum Gasteiger partial charge on any atom is 0.137 e. The molecule has 5 heteroatoms. The number of aromatic nitrogens is 2. The summed E-state index contributed by atoms with van der Waals surface area (Å²) >= 11 is 5.99. The summed E-state index contributed by atoms with van der Waals surface area (Å²) in [6.45, 7) is 2.76. The van der Waals surface area contributed by atoms with E-state index in [9.17, 15) is 5.11 Å². The first-order chi connectivity index (χ1) is 11.2. The van der Waals surface area contributed by atoms with E-state index in [4.69, 9.17) is 11.6 Å². The van der Waals surface area contributed by atoms with Gasteiger partial charge in [-0.15, -0.1) is 0 Å². The van der Waals surface area contributed by atoms with Gasteiger partial charge in [0.15, 0.2) is 0 Å². The lowest BCUT2D eigenvalue weighted by atomic mass is 10.0. The number of nitrogens with one attached hydrogen (secondary N) is 1. The third-order valence-corrected chi connectivity index (χ3v) is 4.19. The first-order valence-electron chi connectivity index (χ1n) is 7.76. The highest BCUT2D eigenvalue weighted by Crippen LogP contribution is 2.16. The zero-order valence-corrected chi connectivity index (χ0v) is 13.8. The van der Waals surface area contributed by atoms with Crippen LogP contribution in [0, 0.1) is 0 Å². The minimum Gasteiger partial charge on any atom is -0.394 e. The molecule has 0 fully saturated rings. The van der Waals surface area contributed by atoms with E-state index in [1.54, 1.807) is 0 Å². The van der Waals surface area contributed by atoms with Crippen molar-refractivity contribution in [3.63, 3.8) is 0 Å². The Morgan fingerprint density at radius 2 is 1.96 bits per heavy atom. The zero-order valence-electron chi connectivity index (χ0n) is 13.0. The first kappa shape index (κ1) is 16.0. The van der Waals surface area contributed by atoms with E-state index in [-0.39, 0.29) is 12.6 Å². The van der Waals surface area contributed by atoms with Crippen LogP contribution in [0.15, 0.2) is 48.8 Å². The van der Waals surface area contributed by atoms with Crippen LogP contribution in [0.5, 0.6) is 0 Å². The Hall–Kier alpha value is -1.88. The summed E-state index contributed by atoms with van der Waals surface area (Å²) in [5.41, 5.74) is 4.15. The highest BCUT2D eigenvalue weighted by molar-refractivity contribution is 6.30. The van der Waals surface area contributed by atoms with Gasteiger partial charge < -0.3 is 14.8 Å². The van der Waals surface area contributed by atoms with Crippen LogP contribution < -0.4 is 5.32 Å². The van der Waals surface area contributed by atoms with Crippen molar-refractivity contribution in [1.29, 1.82) is 0 Å². The van der Waals surface area contributed by atoms with Gasteiger partial charge in [0.2, 0.25) is 0 Å². The molecule has 2 N–H and O–H groups in total. The Bertz CT molecular complexity index is 783. The van der Waals surface area contributed by atoms with E-state index in [1.165, 1.54) is 5.56 Å². The third kappa shape index (κ3) is 3.72. The summed E-state index contributed by atoms with van der Waals surface area (Å²) < 4.78 is 1.91. The standard InChI is InChI=1S/C18H20ClN3O/c1-2-13-3-5-14(6-4-13)17(12-23)20-9-16-11-22-10-15(19)7-8-18(22)21-16/h3-8,10-11,17,20,23H,2,9,12H2,1H3. The lowest BCUT2D eigenvalue weighted by Gasteiger charge is -2.16. The maximum absolute atomic E-state index is 9.65. The number of fused-ring (bicyclic) bond motifs is 1. The summed E-state index contributed by atoms with van der Waals surface area (Å²) in [5.74, 6) is 0. The lowest BCUT2D eigenvalue weighted by molar-refractivity contribution is 0.243. The van der Waals surface area contributed by atoms with E-state index in [1.807, 2.05) is 28.9 Å². The van der Waals surface area contributed by atoms with Crippen LogP contribution >= 0.6 is 11.6 Å². The van der Waals surface area contributed by atoms with Crippen LogP contribution in [-0.4, -0.2) is 21.1 Å². The third-order valence-electron chi connectivity index (χ3n) is 3.97. The Morgan fingerprint density at radius 3 is 2.65 bits per heavy atom. The average Bonchev–Trinajstić information content (AvgIpc) is 2.98. The summed E-state index contributed by atoms with van der Waals surface area (Å²) in [5, 5.41) is 13.7. The van der Waals surface area contributed by atoms with Gasteiger partial charge in [-0.1, -0.05) is 42.8 Å². The molecule has 4 nitrogen and oxygen atoms in total. The average molecular weight is 330 g/mol. The molecule has 1 atom stereocenters. The Kier molecular flexibility index (Phi) is 4.96. The molecule has 0 aliphatic heterocycles. The van der Waals surface area contributed by atoms with Crippen molar-refractivity contribution < 1.29 is 5.11 Å². The van der Waals surface area contributed by atoms with Crippen LogP contribution in [0.4, 0.5) is 0 Å². The molecule has 1 unspecified atom stereocenters. The molecule has 120 valence electrons. The number of nitrogens with zero attached hydrogens (tertiary/aromatic N) is 2. The second-order valence-corrected chi connectivity index (χ2v) is 5.99. The molecular formula is C18H20ClN3O. The van der Waals surface area contributed by atoms with Crippen LogP contribution in [0.25, 0.3) is 5.65 Å². The Balaban J connectivity index is 1.70. The molecule has 0 saturated carbocycles. The number of aliphatic hydroxyl groups is 1. The van der Waals surface area contributed by atoms with Crippen LogP contribution in [0.3, 0.4) is 0 Å². The Labute approximate surface area is 140 Å². The van der Waals surface area contributed by atoms with Gasteiger partial charge in [-0.3, -0.25) is 0 Å².